The quantitative estimate of drug-likeness (QED) is 0.297. The van der Waals surface area contributed by atoms with Crippen molar-refractivity contribution in [2.24, 2.45) is 4.58 Å². The van der Waals surface area contributed by atoms with Gasteiger partial charge in [-0.1, -0.05) is 0 Å². The van der Waals surface area contributed by atoms with Crippen LogP contribution in [0.15, 0.2) is 4.58 Å². The van der Waals surface area contributed by atoms with Crippen LogP contribution in [0.5, 0.6) is 0 Å². The summed E-state index contributed by atoms with van der Waals surface area (Å²) >= 11 is 0.645. The second kappa shape index (κ2) is 9.10. The van der Waals surface area contributed by atoms with Gasteiger partial charge in [-0.25, -0.2) is 0 Å². The summed E-state index contributed by atoms with van der Waals surface area (Å²) < 4.78 is 2.51. The lowest BCUT2D eigenvalue weighted by Crippen LogP contribution is -2.39. The molecule has 0 rings (SSSR count). The third kappa shape index (κ3) is 8.18. The molecule has 0 aromatic heterocycles. The smallest absolute Gasteiger partial charge is 0.321 e. The minimum absolute atomic E-state index is 0.0672. The van der Waals surface area contributed by atoms with E-state index in [1.165, 1.54) is 0 Å². The molecule has 0 aliphatic rings. The lowest BCUT2D eigenvalue weighted by molar-refractivity contribution is -0.139. The van der Waals surface area contributed by atoms with Crippen LogP contribution in [0.3, 0.4) is 0 Å². The van der Waals surface area contributed by atoms with Crippen molar-refractivity contribution in [3.05, 3.63) is 4.91 Å². The monoisotopic (exact) mass is 250 g/mol. The van der Waals surface area contributed by atoms with E-state index in [1.54, 1.807) is 0 Å². The molecule has 7 nitrogen and oxygen atoms in total. The minimum atomic E-state index is -1.05. The molecular weight excluding hydrogens is 236 g/mol. The van der Waals surface area contributed by atoms with Crippen molar-refractivity contribution >= 4 is 23.9 Å². The second-order valence-corrected chi connectivity index (χ2v) is 3.81. The summed E-state index contributed by atoms with van der Waals surface area (Å²) in [5.41, 5.74) is 0. The fourth-order valence-electron chi connectivity index (χ4n) is 1.00. The first-order valence-electron chi connectivity index (χ1n) is 4.70. The Bertz CT molecular complexity index is 249. The molecule has 0 radical (unpaired) electrons. The van der Waals surface area contributed by atoms with Crippen molar-refractivity contribution in [1.29, 1.82) is 0 Å². The van der Waals surface area contributed by atoms with E-state index in [0.717, 1.165) is 0 Å². The molecule has 0 aliphatic carbocycles. The number of carboxylic acid groups (broad SMARTS) is 2. The van der Waals surface area contributed by atoms with Gasteiger partial charge in [0.05, 0.1) is 0 Å². The molecule has 0 saturated heterocycles. The largest absolute Gasteiger partial charge is 0.481 e. The van der Waals surface area contributed by atoms with Crippen LogP contribution in [0.4, 0.5) is 0 Å². The molecule has 0 heterocycles. The predicted molar refractivity (Wildman–Crippen MR) is 59.2 cm³/mol. The number of unbranched alkanes of at least 4 members (excludes halogenated alkanes) is 1. The number of nitrogens with one attached hydrogen (secondary N) is 1. The van der Waals surface area contributed by atoms with E-state index in [-0.39, 0.29) is 12.2 Å². The average Bonchev–Trinajstić information content (AvgIpc) is 2.21. The molecule has 0 fully saturated rings. The van der Waals surface area contributed by atoms with Crippen molar-refractivity contribution in [1.82, 2.24) is 5.32 Å². The highest BCUT2D eigenvalue weighted by Gasteiger charge is 2.16. The van der Waals surface area contributed by atoms with Crippen LogP contribution in [0.1, 0.15) is 19.3 Å². The van der Waals surface area contributed by atoms with Gasteiger partial charge in [0, 0.05) is 28.7 Å². The van der Waals surface area contributed by atoms with Crippen molar-refractivity contribution in [3.63, 3.8) is 0 Å². The van der Waals surface area contributed by atoms with Crippen LogP contribution in [0, 0.1) is 4.91 Å². The van der Waals surface area contributed by atoms with Gasteiger partial charge in [-0.2, -0.15) is 0 Å². The topological polar surface area (TPSA) is 116 Å². The van der Waals surface area contributed by atoms with E-state index < -0.39 is 18.0 Å². The van der Waals surface area contributed by atoms with Gasteiger partial charge < -0.3 is 15.5 Å². The Morgan fingerprint density at radius 2 is 2.00 bits per heavy atom. The van der Waals surface area contributed by atoms with Crippen molar-refractivity contribution in [2.45, 2.75) is 25.3 Å². The SMILES string of the molecule is O=NSC[C@H](NCCCCC(=O)O)C(=O)O. The number of hydrogen-bond acceptors (Lipinski definition) is 6. The summed E-state index contributed by atoms with van der Waals surface area (Å²) in [6.45, 7) is 0.406. The number of nitroso groups, excluding NO2 is 1. The molecule has 0 aromatic carbocycles. The fraction of sp³-hybridized carbons (Fsp3) is 0.750. The fourth-order valence-corrected chi connectivity index (χ4v) is 1.47. The van der Waals surface area contributed by atoms with E-state index in [2.05, 4.69) is 9.90 Å². The number of nitrogens with zero attached hydrogens (tertiary/aromatic N) is 1. The Morgan fingerprint density at radius 3 is 2.50 bits per heavy atom. The highest BCUT2D eigenvalue weighted by atomic mass is 32.2. The molecule has 16 heavy (non-hydrogen) atoms. The number of carbonyl (C=O) groups is 2. The van der Waals surface area contributed by atoms with E-state index in [0.29, 0.717) is 31.3 Å². The first-order chi connectivity index (χ1) is 7.57. The van der Waals surface area contributed by atoms with Gasteiger partial charge in [0.1, 0.15) is 6.04 Å². The zero-order chi connectivity index (χ0) is 12.4. The average molecular weight is 250 g/mol. The van der Waals surface area contributed by atoms with E-state index in [1.807, 2.05) is 0 Å². The Kier molecular flexibility index (Phi) is 8.45. The van der Waals surface area contributed by atoms with E-state index >= 15 is 0 Å². The van der Waals surface area contributed by atoms with E-state index in [4.69, 9.17) is 10.2 Å². The maximum absolute atomic E-state index is 10.7. The van der Waals surface area contributed by atoms with Crippen LogP contribution in [0.2, 0.25) is 0 Å². The van der Waals surface area contributed by atoms with Gasteiger partial charge in [0.25, 0.3) is 0 Å². The summed E-state index contributed by atoms with van der Waals surface area (Å²) in [7, 11) is 0. The maximum atomic E-state index is 10.7. The van der Waals surface area contributed by atoms with Gasteiger partial charge in [-0.3, -0.25) is 9.59 Å². The van der Waals surface area contributed by atoms with E-state index in [9.17, 15) is 14.5 Å². The van der Waals surface area contributed by atoms with Crippen LogP contribution < -0.4 is 5.32 Å². The second-order valence-electron chi connectivity index (χ2n) is 3.07. The van der Waals surface area contributed by atoms with Crippen molar-refractivity contribution in [2.75, 3.05) is 12.3 Å². The Morgan fingerprint density at radius 1 is 1.31 bits per heavy atom. The maximum Gasteiger partial charge on any atom is 0.321 e. The van der Waals surface area contributed by atoms with Crippen LogP contribution >= 0.6 is 11.9 Å². The standard InChI is InChI=1S/C8H14N2O5S/c11-7(12)3-1-2-4-9-6(8(13)14)5-16-10-15/h6,9H,1-5H2,(H,11,12)(H,13,14)/t6-/m0/s1. The van der Waals surface area contributed by atoms with Crippen molar-refractivity contribution in [3.8, 4) is 0 Å². The molecule has 0 amide bonds. The minimum Gasteiger partial charge on any atom is -0.481 e. The number of carboxylic acids is 2. The zero-order valence-corrected chi connectivity index (χ0v) is 9.40. The predicted octanol–water partition coefficient (Wildman–Crippen LogP) is 0.699. The summed E-state index contributed by atoms with van der Waals surface area (Å²) in [6, 6.07) is -0.826. The summed E-state index contributed by atoms with van der Waals surface area (Å²) in [6.07, 6.45) is 1.15. The highest BCUT2D eigenvalue weighted by Crippen LogP contribution is 2.04. The summed E-state index contributed by atoms with van der Waals surface area (Å²) in [4.78, 5) is 30.7. The van der Waals surface area contributed by atoms with Gasteiger partial charge in [-0.15, -0.1) is 4.91 Å². The Labute approximate surface area is 96.7 Å². The normalized spacial score (nSPS) is 12.0. The highest BCUT2D eigenvalue weighted by molar-refractivity contribution is 7.97. The number of rotatable bonds is 10. The van der Waals surface area contributed by atoms with Gasteiger partial charge in [-0.05, 0) is 19.4 Å². The molecular formula is C8H14N2O5S. The first-order valence-corrected chi connectivity index (χ1v) is 5.64. The molecule has 0 bridgehead atoms. The van der Waals surface area contributed by atoms with Crippen molar-refractivity contribution < 1.29 is 19.8 Å². The number of aliphatic carboxylic acids is 2. The molecule has 8 heteroatoms. The molecule has 0 aliphatic heterocycles. The third-order valence-electron chi connectivity index (χ3n) is 1.80. The summed E-state index contributed by atoms with van der Waals surface area (Å²) in [5, 5.41) is 19.8. The van der Waals surface area contributed by atoms with Crippen LogP contribution in [-0.2, 0) is 9.59 Å². The third-order valence-corrected chi connectivity index (χ3v) is 2.39. The van der Waals surface area contributed by atoms with Gasteiger partial charge in [0.2, 0.25) is 0 Å². The lowest BCUT2D eigenvalue weighted by atomic mass is 10.2. The first kappa shape index (κ1) is 14.8. The molecule has 0 saturated carbocycles. The molecule has 3 N–H and O–H groups in total. The van der Waals surface area contributed by atoms with Crippen LogP contribution in [-0.4, -0.2) is 40.5 Å². The van der Waals surface area contributed by atoms with Crippen LogP contribution in [0.25, 0.3) is 0 Å². The number of hydrogen-bond donors (Lipinski definition) is 3. The Balaban J connectivity index is 3.63. The molecule has 0 aromatic rings. The van der Waals surface area contributed by atoms with Gasteiger partial charge in [0.15, 0.2) is 0 Å². The molecule has 0 spiro atoms. The molecule has 1 atom stereocenters. The Hall–Kier alpha value is -1.15. The molecule has 0 unspecified atom stereocenters. The lowest BCUT2D eigenvalue weighted by Gasteiger charge is -2.11. The molecule has 92 valence electrons. The zero-order valence-electron chi connectivity index (χ0n) is 8.59. The summed E-state index contributed by atoms with van der Waals surface area (Å²) in [5.74, 6) is -1.84. The van der Waals surface area contributed by atoms with Gasteiger partial charge >= 0.3 is 11.9 Å².